The lowest BCUT2D eigenvalue weighted by Crippen LogP contribution is -2.03. The smallest absolute Gasteiger partial charge is 0.182 e. The molecule has 0 aromatic carbocycles. The van der Waals surface area contributed by atoms with Crippen molar-refractivity contribution in [3.8, 4) is 0 Å². The number of ether oxygens (including phenoxy) is 1. The molecule has 0 saturated heterocycles. The molecule has 1 aromatic rings. The zero-order valence-corrected chi connectivity index (χ0v) is 7.36. The molecule has 0 amide bonds. The van der Waals surface area contributed by atoms with Gasteiger partial charge in [-0.1, -0.05) is 0 Å². The standard InChI is InChI=1S/C7H12N2OS/c1-10-5-2-3-8-7-9-4-6-11-7/h4,6H,2-3,5H2,1H3,(H,8,9). The van der Waals surface area contributed by atoms with Crippen molar-refractivity contribution in [1.82, 2.24) is 4.98 Å². The van der Waals surface area contributed by atoms with Crippen LogP contribution in [-0.4, -0.2) is 25.2 Å². The fourth-order valence-corrected chi connectivity index (χ4v) is 1.28. The van der Waals surface area contributed by atoms with E-state index in [0.29, 0.717) is 0 Å². The molecule has 0 unspecified atom stereocenters. The van der Waals surface area contributed by atoms with Gasteiger partial charge in [-0.05, 0) is 6.42 Å². The van der Waals surface area contributed by atoms with Crippen molar-refractivity contribution in [2.45, 2.75) is 6.42 Å². The van der Waals surface area contributed by atoms with Crippen LogP contribution in [0.3, 0.4) is 0 Å². The summed E-state index contributed by atoms with van der Waals surface area (Å²) in [6, 6.07) is 0. The number of nitrogens with one attached hydrogen (secondary N) is 1. The first-order chi connectivity index (χ1) is 5.43. The highest BCUT2D eigenvalue weighted by Crippen LogP contribution is 2.09. The number of rotatable bonds is 5. The molecule has 4 heteroatoms. The summed E-state index contributed by atoms with van der Waals surface area (Å²) in [5, 5.41) is 6.13. The molecular weight excluding hydrogens is 160 g/mol. The summed E-state index contributed by atoms with van der Waals surface area (Å²) in [4.78, 5) is 4.08. The molecule has 62 valence electrons. The number of anilines is 1. The van der Waals surface area contributed by atoms with Gasteiger partial charge in [0.2, 0.25) is 0 Å². The Bertz CT molecular complexity index is 177. The third kappa shape index (κ3) is 3.34. The van der Waals surface area contributed by atoms with Crippen molar-refractivity contribution in [3.63, 3.8) is 0 Å². The van der Waals surface area contributed by atoms with Crippen LogP contribution in [0.15, 0.2) is 11.6 Å². The fourth-order valence-electron chi connectivity index (χ4n) is 0.723. The minimum Gasteiger partial charge on any atom is -0.385 e. The monoisotopic (exact) mass is 172 g/mol. The maximum atomic E-state index is 4.90. The Hall–Kier alpha value is -0.610. The topological polar surface area (TPSA) is 34.1 Å². The van der Waals surface area contributed by atoms with E-state index in [0.717, 1.165) is 24.7 Å². The van der Waals surface area contributed by atoms with Gasteiger partial charge in [-0.25, -0.2) is 4.98 Å². The zero-order valence-electron chi connectivity index (χ0n) is 6.54. The van der Waals surface area contributed by atoms with Gasteiger partial charge in [0.15, 0.2) is 5.13 Å². The lowest BCUT2D eigenvalue weighted by molar-refractivity contribution is 0.198. The maximum Gasteiger partial charge on any atom is 0.182 e. The molecule has 1 rings (SSSR count). The predicted octanol–water partition coefficient (Wildman–Crippen LogP) is 1.59. The molecule has 0 radical (unpaired) electrons. The molecule has 0 bridgehead atoms. The van der Waals surface area contributed by atoms with Gasteiger partial charge < -0.3 is 10.1 Å². The number of aromatic nitrogens is 1. The van der Waals surface area contributed by atoms with Crippen molar-refractivity contribution in [1.29, 1.82) is 0 Å². The number of nitrogens with zero attached hydrogens (tertiary/aromatic N) is 1. The molecule has 1 heterocycles. The van der Waals surface area contributed by atoms with Gasteiger partial charge in [0.25, 0.3) is 0 Å². The average Bonchev–Trinajstić information content (AvgIpc) is 2.50. The van der Waals surface area contributed by atoms with Gasteiger partial charge in [-0.15, -0.1) is 11.3 Å². The van der Waals surface area contributed by atoms with E-state index in [1.807, 2.05) is 5.38 Å². The SMILES string of the molecule is COCCCNc1nccs1. The van der Waals surface area contributed by atoms with E-state index in [-0.39, 0.29) is 0 Å². The summed E-state index contributed by atoms with van der Waals surface area (Å²) in [5.41, 5.74) is 0. The van der Waals surface area contributed by atoms with Crippen molar-refractivity contribution in [2.75, 3.05) is 25.6 Å². The third-order valence-corrected chi connectivity index (χ3v) is 1.96. The number of hydrogen-bond acceptors (Lipinski definition) is 4. The van der Waals surface area contributed by atoms with Crippen LogP contribution < -0.4 is 5.32 Å². The van der Waals surface area contributed by atoms with Gasteiger partial charge in [-0.3, -0.25) is 0 Å². The Kier molecular flexibility index (Phi) is 3.93. The molecule has 3 nitrogen and oxygen atoms in total. The van der Waals surface area contributed by atoms with Gasteiger partial charge in [-0.2, -0.15) is 0 Å². The van der Waals surface area contributed by atoms with E-state index >= 15 is 0 Å². The molecule has 1 aromatic heterocycles. The first-order valence-electron chi connectivity index (χ1n) is 3.56. The average molecular weight is 172 g/mol. The predicted molar refractivity (Wildman–Crippen MR) is 47.1 cm³/mol. The minimum atomic E-state index is 0.804. The van der Waals surface area contributed by atoms with Crippen LogP contribution in [0, 0.1) is 0 Å². The summed E-state index contributed by atoms with van der Waals surface area (Å²) in [6.45, 7) is 1.74. The van der Waals surface area contributed by atoms with Crippen molar-refractivity contribution < 1.29 is 4.74 Å². The van der Waals surface area contributed by atoms with E-state index in [9.17, 15) is 0 Å². The van der Waals surface area contributed by atoms with Crippen LogP contribution in [-0.2, 0) is 4.74 Å². The molecule has 11 heavy (non-hydrogen) atoms. The van der Waals surface area contributed by atoms with Gasteiger partial charge >= 0.3 is 0 Å². The molecule has 0 aliphatic carbocycles. The zero-order chi connectivity index (χ0) is 7.94. The molecular formula is C7H12N2OS. The number of methoxy groups -OCH3 is 1. The van der Waals surface area contributed by atoms with Crippen LogP contribution in [0.4, 0.5) is 5.13 Å². The van der Waals surface area contributed by atoms with Crippen molar-refractivity contribution >= 4 is 16.5 Å². The summed E-state index contributed by atoms with van der Waals surface area (Å²) in [7, 11) is 1.71. The maximum absolute atomic E-state index is 4.90. The largest absolute Gasteiger partial charge is 0.385 e. The first kappa shape index (κ1) is 8.49. The molecule has 0 atom stereocenters. The van der Waals surface area contributed by atoms with E-state index < -0.39 is 0 Å². The molecule has 0 fully saturated rings. The second kappa shape index (κ2) is 5.09. The lowest BCUT2D eigenvalue weighted by atomic mass is 10.4. The van der Waals surface area contributed by atoms with Gasteiger partial charge in [0, 0.05) is 31.8 Å². The normalized spacial score (nSPS) is 9.91. The Labute approximate surface area is 70.4 Å². The van der Waals surface area contributed by atoms with Gasteiger partial charge in [0.05, 0.1) is 0 Å². The second-order valence-electron chi connectivity index (χ2n) is 2.11. The Balaban J connectivity index is 2.04. The highest BCUT2D eigenvalue weighted by atomic mass is 32.1. The van der Waals surface area contributed by atoms with Crippen LogP contribution in [0.2, 0.25) is 0 Å². The van der Waals surface area contributed by atoms with E-state index in [2.05, 4.69) is 10.3 Å². The second-order valence-corrected chi connectivity index (χ2v) is 3.00. The summed E-state index contributed by atoms with van der Waals surface area (Å²) < 4.78 is 4.90. The molecule has 0 spiro atoms. The van der Waals surface area contributed by atoms with Crippen LogP contribution >= 0.6 is 11.3 Å². The summed E-state index contributed by atoms with van der Waals surface area (Å²) in [5.74, 6) is 0. The van der Waals surface area contributed by atoms with Gasteiger partial charge in [0.1, 0.15) is 0 Å². The van der Waals surface area contributed by atoms with Crippen molar-refractivity contribution in [2.24, 2.45) is 0 Å². The Morgan fingerprint density at radius 2 is 2.64 bits per heavy atom. The number of hydrogen-bond donors (Lipinski definition) is 1. The molecule has 0 saturated carbocycles. The first-order valence-corrected chi connectivity index (χ1v) is 4.44. The minimum absolute atomic E-state index is 0.804. The summed E-state index contributed by atoms with van der Waals surface area (Å²) in [6.07, 6.45) is 2.82. The highest BCUT2D eigenvalue weighted by molar-refractivity contribution is 7.13. The number of thiazole rings is 1. The molecule has 0 aliphatic rings. The van der Waals surface area contributed by atoms with E-state index in [1.54, 1.807) is 24.6 Å². The van der Waals surface area contributed by atoms with Crippen LogP contribution in [0.1, 0.15) is 6.42 Å². The third-order valence-electron chi connectivity index (χ3n) is 1.23. The fraction of sp³-hybridized carbons (Fsp3) is 0.571. The van der Waals surface area contributed by atoms with Crippen LogP contribution in [0.5, 0.6) is 0 Å². The highest BCUT2D eigenvalue weighted by Gasteiger charge is 1.91. The summed E-state index contributed by atoms with van der Waals surface area (Å²) >= 11 is 1.62. The van der Waals surface area contributed by atoms with Crippen LogP contribution in [0.25, 0.3) is 0 Å². The molecule has 0 aliphatic heterocycles. The Morgan fingerprint density at radius 1 is 1.73 bits per heavy atom. The Morgan fingerprint density at radius 3 is 3.27 bits per heavy atom. The van der Waals surface area contributed by atoms with Crippen molar-refractivity contribution in [3.05, 3.63) is 11.6 Å². The van der Waals surface area contributed by atoms with E-state index in [1.165, 1.54) is 0 Å². The van der Waals surface area contributed by atoms with E-state index in [4.69, 9.17) is 4.74 Å². The molecule has 1 N–H and O–H groups in total. The quantitative estimate of drug-likeness (QED) is 0.685. The lowest BCUT2D eigenvalue weighted by Gasteiger charge is -2.00.